The molecular formula is C31H53N7. The van der Waals surface area contributed by atoms with Crippen molar-refractivity contribution in [3.8, 4) is 0 Å². The Morgan fingerprint density at radius 2 is 1.34 bits per heavy atom. The maximum atomic E-state index is 5.05. The number of rotatable bonds is 7. The summed E-state index contributed by atoms with van der Waals surface area (Å²) in [7, 11) is 0. The quantitative estimate of drug-likeness (QED) is 0.540. The van der Waals surface area contributed by atoms with Crippen LogP contribution in [0.2, 0.25) is 0 Å². The van der Waals surface area contributed by atoms with Gasteiger partial charge in [0.25, 0.3) is 0 Å². The molecule has 3 aliphatic heterocycles. The first-order valence-corrected chi connectivity index (χ1v) is 16.4. The molecule has 3 saturated heterocycles. The molecule has 2 atom stereocenters. The average molecular weight is 524 g/mol. The highest BCUT2D eigenvalue weighted by molar-refractivity contribution is 5.43. The van der Waals surface area contributed by atoms with Crippen molar-refractivity contribution in [2.24, 2.45) is 0 Å². The lowest BCUT2D eigenvalue weighted by molar-refractivity contribution is 0.0527. The van der Waals surface area contributed by atoms with Gasteiger partial charge in [-0.25, -0.2) is 4.98 Å². The molecular weight excluding hydrogens is 470 g/mol. The summed E-state index contributed by atoms with van der Waals surface area (Å²) in [6.45, 7) is 9.67. The lowest BCUT2D eigenvalue weighted by Gasteiger charge is -2.44. The van der Waals surface area contributed by atoms with E-state index in [-0.39, 0.29) is 0 Å². The zero-order valence-corrected chi connectivity index (χ0v) is 23.9. The molecule has 7 nitrogen and oxygen atoms in total. The summed E-state index contributed by atoms with van der Waals surface area (Å²) in [6.07, 6.45) is 22.7. The van der Waals surface area contributed by atoms with Crippen LogP contribution in [0.5, 0.6) is 0 Å². The highest BCUT2D eigenvalue weighted by Gasteiger charge is 2.40. The molecule has 38 heavy (non-hydrogen) atoms. The fraction of sp³-hybridized carbons (Fsp3) is 0.871. The van der Waals surface area contributed by atoms with Gasteiger partial charge in [0.1, 0.15) is 5.82 Å². The Balaban J connectivity index is 1.11. The van der Waals surface area contributed by atoms with Crippen LogP contribution in [0.4, 0.5) is 11.8 Å². The molecule has 1 aromatic heterocycles. The van der Waals surface area contributed by atoms with E-state index in [9.17, 15) is 0 Å². The average Bonchev–Trinajstić information content (AvgIpc) is 3.17. The van der Waals surface area contributed by atoms with E-state index in [4.69, 9.17) is 9.97 Å². The first-order valence-electron chi connectivity index (χ1n) is 16.4. The summed E-state index contributed by atoms with van der Waals surface area (Å²) in [4.78, 5) is 20.8. The van der Waals surface area contributed by atoms with Crippen molar-refractivity contribution in [2.45, 2.75) is 120 Å². The largest absolute Gasteiger partial charge is 0.356 e. The Morgan fingerprint density at radius 3 is 2.05 bits per heavy atom. The molecule has 0 radical (unpaired) electrons. The smallest absolute Gasteiger partial charge is 0.224 e. The summed E-state index contributed by atoms with van der Waals surface area (Å²) < 4.78 is 0. The fourth-order valence-corrected chi connectivity index (χ4v) is 8.23. The van der Waals surface area contributed by atoms with Gasteiger partial charge in [-0.3, -0.25) is 14.7 Å². The van der Waals surface area contributed by atoms with Crippen LogP contribution < -0.4 is 10.2 Å². The molecule has 1 N–H and O–H groups in total. The molecule has 5 fully saturated rings. The van der Waals surface area contributed by atoms with Crippen LogP contribution >= 0.6 is 0 Å². The summed E-state index contributed by atoms with van der Waals surface area (Å²) in [5, 5.41) is 3.88. The molecule has 212 valence electrons. The van der Waals surface area contributed by atoms with Crippen LogP contribution in [0.25, 0.3) is 0 Å². The Hall–Kier alpha value is -1.44. The molecule has 0 bridgehead atoms. The van der Waals surface area contributed by atoms with Crippen molar-refractivity contribution in [3.05, 3.63) is 12.3 Å². The first kappa shape index (κ1) is 26.8. The van der Waals surface area contributed by atoms with Crippen LogP contribution in [0.3, 0.4) is 0 Å². The zero-order chi connectivity index (χ0) is 25.6. The predicted octanol–water partition coefficient (Wildman–Crippen LogP) is 4.99. The van der Waals surface area contributed by atoms with Crippen molar-refractivity contribution >= 4 is 11.8 Å². The van der Waals surface area contributed by atoms with E-state index in [0.717, 1.165) is 36.9 Å². The van der Waals surface area contributed by atoms with Crippen molar-refractivity contribution in [2.75, 3.05) is 62.6 Å². The molecule has 1 aromatic rings. The molecule has 2 aliphatic carbocycles. The van der Waals surface area contributed by atoms with Gasteiger partial charge in [-0.2, -0.15) is 4.98 Å². The van der Waals surface area contributed by atoms with Crippen LogP contribution in [0.1, 0.15) is 96.3 Å². The Kier molecular flexibility index (Phi) is 9.35. The summed E-state index contributed by atoms with van der Waals surface area (Å²) in [5.41, 5.74) is 0. The minimum absolute atomic E-state index is 0.438. The Labute approximate surface area is 231 Å². The summed E-state index contributed by atoms with van der Waals surface area (Å²) in [6, 6.07) is 4.74. The Bertz CT molecular complexity index is 836. The van der Waals surface area contributed by atoms with Crippen molar-refractivity contribution in [3.63, 3.8) is 0 Å². The highest BCUT2D eigenvalue weighted by Crippen LogP contribution is 2.32. The molecule has 5 aliphatic rings. The zero-order valence-electron chi connectivity index (χ0n) is 23.9. The predicted molar refractivity (Wildman–Crippen MR) is 157 cm³/mol. The lowest BCUT2D eigenvalue weighted by Crippen LogP contribution is -2.56. The van der Waals surface area contributed by atoms with E-state index in [1.807, 2.05) is 6.20 Å². The third-order valence-electron chi connectivity index (χ3n) is 10.5. The number of hydrogen-bond acceptors (Lipinski definition) is 7. The molecule has 0 spiro atoms. The van der Waals surface area contributed by atoms with E-state index in [1.54, 1.807) is 0 Å². The van der Waals surface area contributed by atoms with E-state index in [1.165, 1.54) is 136 Å². The van der Waals surface area contributed by atoms with E-state index in [0.29, 0.717) is 12.1 Å². The van der Waals surface area contributed by atoms with Crippen molar-refractivity contribution < 1.29 is 0 Å². The SMILES string of the molecule is c1cc(N2CCCCCC2)nc(N[C@H]2CCN(C3CCCCC3)[C@@H]2CN2CCN(C3CCCCC3)CC2)n1. The number of aromatic nitrogens is 2. The molecule has 2 saturated carbocycles. The van der Waals surface area contributed by atoms with E-state index in [2.05, 4.69) is 31.0 Å². The maximum Gasteiger partial charge on any atom is 0.224 e. The minimum atomic E-state index is 0.438. The van der Waals surface area contributed by atoms with Crippen LogP contribution in [-0.2, 0) is 0 Å². The normalized spacial score (nSPS) is 29.9. The summed E-state index contributed by atoms with van der Waals surface area (Å²) in [5.74, 6) is 1.95. The van der Waals surface area contributed by atoms with Gasteiger partial charge in [0.2, 0.25) is 5.95 Å². The summed E-state index contributed by atoms with van der Waals surface area (Å²) >= 11 is 0. The standard InChI is InChI=1S/C31H53N7/c1-2-10-19-37(18-9-1)30-15-17-32-31(34-30)33-28-16-20-38(27-13-7-4-8-14-27)29(28)25-35-21-23-36(24-22-35)26-11-5-3-6-12-26/h15,17,26-29H,1-14,16,18-25H2,(H,32,33,34)/t28-,29+/m0/s1. The maximum absolute atomic E-state index is 5.05. The van der Waals surface area contributed by atoms with E-state index < -0.39 is 0 Å². The Morgan fingerprint density at radius 1 is 0.684 bits per heavy atom. The number of piperazine rings is 1. The fourth-order valence-electron chi connectivity index (χ4n) is 8.23. The lowest BCUT2D eigenvalue weighted by atomic mass is 9.93. The molecule has 7 heteroatoms. The number of nitrogens with zero attached hydrogens (tertiary/aromatic N) is 6. The third kappa shape index (κ3) is 6.64. The van der Waals surface area contributed by atoms with E-state index >= 15 is 0 Å². The number of hydrogen-bond donors (Lipinski definition) is 1. The molecule has 0 aromatic carbocycles. The monoisotopic (exact) mass is 523 g/mol. The van der Waals surface area contributed by atoms with Gasteiger partial charge >= 0.3 is 0 Å². The second-order valence-electron chi connectivity index (χ2n) is 12.9. The number of likely N-dealkylation sites (tertiary alicyclic amines) is 1. The van der Waals surface area contributed by atoms with Gasteiger partial charge in [0.05, 0.1) is 0 Å². The second kappa shape index (κ2) is 13.3. The molecule has 0 amide bonds. The second-order valence-corrected chi connectivity index (χ2v) is 12.9. The van der Waals surface area contributed by atoms with Gasteiger partial charge in [0.15, 0.2) is 0 Å². The van der Waals surface area contributed by atoms with Crippen molar-refractivity contribution in [1.82, 2.24) is 24.7 Å². The van der Waals surface area contributed by atoms with Gasteiger partial charge in [-0.1, -0.05) is 51.4 Å². The number of nitrogens with one attached hydrogen (secondary N) is 1. The number of anilines is 2. The minimum Gasteiger partial charge on any atom is -0.356 e. The van der Waals surface area contributed by atoms with Gasteiger partial charge in [-0.15, -0.1) is 0 Å². The molecule has 6 rings (SSSR count). The van der Waals surface area contributed by atoms with Crippen LogP contribution in [0.15, 0.2) is 12.3 Å². The van der Waals surface area contributed by atoms with Crippen LogP contribution in [-0.4, -0.2) is 101 Å². The van der Waals surface area contributed by atoms with Crippen molar-refractivity contribution in [1.29, 1.82) is 0 Å². The molecule has 4 heterocycles. The molecule has 0 unspecified atom stereocenters. The highest BCUT2D eigenvalue weighted by atomic mass is 15.3. The van der Waals surface area contributed by atoms with Gasteiger partial charge < -0.3 is 10.2 Å². The van der Waals surface area contributed by atoms with Gasteiger partial charge in [-0.05, 0) is 51.0 Å². The van der Waals surface area contributed by atoms with Gasteiger partial charge in [0, 0.05) is 82.7 Å². The first-order chi connectivity index (χ1) is 18.8. The third-order valence-corrected chi connectivity index (χ3v) is 10.5. The topological polar surface area (TPSA) is 50.8 Å². The van der Waals surface area contributed by atoms with Crippen LogP contribution in [0, 0.1) is 0 Å².